The predicted octanol–water partition coefficient (Wildman–Crippen LogP) is 2.50. The minimum absolute atomic E-state index is 0.133. The molecule has 28 heavy (non-hydrogen) atoms. The summed E-state index contributed by atoms with van der Waals surface area (Å²) in [6.45, 7) is 1.74. The lowest BCUT2D eigenvalue weighted by atomic mass is 10.1. The fraction of sp³-hybridized carbons (Fsp3) is 0.238. The summed E-state index contributed by atoms with van der Waals surface area (Å²) in [6.07, 6.45) is -1.37. The number of nitrogens with one attached hydrogen (secondary N) is 1. The maximum atomic E-state index is 11.8. The van der Waals surface area contributed by atoms with E-state index in [9.17, 15) is 15.0 Å². The molecule has 1 heterocycles. The number of aryl methyl sites for hydroxylation is 1. The number of amides is 1. The summed E-state index contributed by atoms with van der Waals surface area (Å²) >= 11 is 0. The van der Waals surface area contributed by atoms with E-state index >= 15 is 0 Å². The van der Waals surface area contributed by atoms with Crippen LogP contribution in [0.25, 0.3) is 5.69 Å². The number of aliphatic hydroxyl groups excluding tert-OH is 2. The molecule has 0 aliphatic rings. The lowest BCUT2D eigenvalue weighted by Crippen LogP contribution is -2.35. The van der Waals surface area contributed by atoms with Crippen LogP contribution in [0.5, 0.6) is 0 Å². The molecular weight excluding hydrogens is 358 g/mol. The fourth-order valence-corrected chi connectivity index (χ4v) is 2.76. The third-order valence-electron chi connectivity index (χ3n) is 4.31. The molecule has 0 saturated heterocycles. The Balaban J connectivity index is 1.53. The summed E-state index contributed by atoms with van der Waals surface area (Å²) in [4.78, 5) is 11.8. The van der Waals surface area contributed by atoms with Crippen molar-refractivity contribution in [3.63, 3.8) is 0 Å². The smallest absolute Gasteiger partial charge is 0.407 e. The van der Waals surface area contributed by atoms with Gasteiger partial charge in [0.05, 0.1) is 11.4 Å². The molecule has 1 amide bonds. The first kappa shape index (κ1) is 19.6. The van der Waals surface area contributed by atoms with Gasteiger partial charge in [-0.15, -0.1) is 0 Å². The number of carbonyl (C=O) groups excluding carboxylic acids is 1. The summed E-state index contributed by atoms with van der Waals surface area (Å²) in [6, 6.07) is 18.8. The highest BCUT2D eigenvalue weighted by atomic mass is 16.5. The van der Waals surface area contributed by atoms with Gasteiger partial charge in [-0.2, -0.15) is 5.10 Å². The van der Waals surface area contributed by atoms with Crippen molar-refractivity contribution in [3.8, 4) is 5.69 Å². The molecule has 7 nitrogen and oxygen atoms in total. The fourth-order valence-electron chi connectivity index (χ4n) is 2.76. The van der Waals surface area contributed by atoms with E-state index in [4.69, 9.17) is 4.74 Å². The number of rotatable bonds is 7. The zero-order chi connectivity index (χ0) is 19.9. The lowest BCUT2D eigenvalue weighted by Gasteiger charge is -2.17. The topological polar surface area (TPSA) is 96.6 Å². The minimum atomic E-state index is -1.20. The van der Waals surface area contributed by atoms with E-state index in [2.05, 4.69) is 10.4 Å². The molecule has 0 fully saturated rings. The third-order valence-corrected chi connectivity index (χ3v) is 4.31. The molecule has 3 N–H and O–H groups in total. The second-order valence-electron chi connectivity index (χ2n) is 6.40. The maximum absolute atomic E-state index is 11.8. The Hall–Kier alpha value is -3.16. The van der Waals surface area contributed by atoms with Crippen molar-refractivity contribution in [1.29, 1.82) is 0 Å². The van der Waals surface area contributed by atoms with Crippen molar-refractivity contribution >= 4 is 6.09 Å². The van der Waals surface area contributed by atoms with Gasteiger partial charge in [0.1, 0.15) is 18.8 Å². The van der Waals surface area contributed by atoms with E-state index in [0.29, 0.717) is 11.3 Å². The number of aliphatic hydroxyl groups is 2. The number of alkyl carbamates (subject to hydrolysis) is 1. The van der Waals surface area contributed by atoms with Crippen LogP contribution in [-0.4, -0.2) is 38.7 Å². The number of hydrogen-bond donors (Lipinski definition) is 3. The van der Waals surface area contributed by atoms with Gasteiger partial charge in [0.15, 0.2) is 0 Å². The van der Waals surface area contributed by atoms with Gasteiger partial charge in [-0.05, 0) is 24.6 Å². The van der Waals surface area contributed by atoms with Crippen LogP contribution in [0, 0.1) is 6.92 Å². The predicted molar refractivity (Wildman–Crippen MR) is 104 cm³/mol. The molecule has 0 spiro atoms. The molecule has 0 bridgehead atoms. The van der Waals surface area contributed by atoms with Gasteiger partial charge in [-0.1, -0.05) is 48.5 Å². The van der Waals surface area contributed by atoms with Gasteiger partial charge in [0.25, 0.3) is 0 Å². The van der Waals surface area contributed by atoms with Gasteiger partial charge in [-0.25, -0.2) is 9.48 Å². The van der Waals surface area contributed by atoms with E-state index in [1.807, 2.05) is 60.7 Å². The second-order valence-corrected chi connectivity index (χ2v) is 6.40. The maximum Gasteiger partial charge on any atom is 0.407 e. The van der Waals surface area contributed by atoms with Gasteiger partial charge in [0.2, 0.25) is 0 Å². The highest BCUT2D eigenvalue weighted by molar-refractivity contribution is 5.67. The number of benzene rings is 2. The minimum Gasteiger partial charge on any atom is -0.445 e. The molecule has 1 aromatic heterocycles. The molecule has 7 heteroatoms. The van der Waals surface area contributed by atoms with Gasteiger partial charge < -0.3 is 20.3 Å². The first-order valence-corrected chi connectivity index (χ1v) is 8.97. The number of nitrogens with zero attached hydrogens (tertiary/aromatic N) is 2. The number of ether oxygens (including phenoxy) is 1. The number of aromatic nitrogens is 2. The zero-order valence-corrected chi connectivity index (χ0v) is 15.5. The number of hydrogen-bond acceptors (Lipinski definition) is 5. The Morgan fingerprint density at radius 3 is 2.43 bits per heavy atom. The summed E-state index contributed by atoms with van der Waals surface area (Å²) in [5, 5.41) is 27.5. The van der Waals surface area contributed by atoms with Crippen molar-refractivity contribution in [3.05, 3.63) is 83.7 Å². The van der Waals surface area contributed by atoms with Crippen LogP contribution in [0.3, 0.4) is 0 Å². The van der Waals surface area contributed by atoms with Gasteiger partial charge in [0, 0.05) is 18.3 Å². The van der Waals surface area contributed by atoms with Crippen molar-refractivity contribution in [2.24, 2.45) is 0 Å². The largest absolute Gasteiger partial charge is 0.445 e. The quantitative estimate of drug-likeness (QED) is 0.584. The normalized spacial score (nSPS) is 13.0. The molecule has 0 saturated carbocycles. The van der Waals surface area contributed by atoms with E-state index in [1.54, 1.807) is 17.8 Å². The van der Waals surface area contributed by atoms with Crippen molar-refractivity contribution in [2.45, 2.75) is 25.7 Å². The first-order chi connectivity index (χ1) is 13.5. The van der Waals surface area contributed by atoms with Crippen LogP contribution in [-0.2, 0) is 11.3 Å². The number of para-hydroxylation sites is 1. The van der Waals surface area contributed by atoms with E-state index < -0.39 is 18.3 Å². The lowest BCUT2D eigenvalue weighted by molar-refractivity contribution is 0.0180. The Bertz CT molecular complexity index is 897. The van der Waals surface area contributed by atoms with Crippen molar-refractivity contribution < 1.29 is 19.7 Å². The second kappa shape index (κ2) is 9.16. The van der Waals surface area contributed by atoms with Crippen LogP contribution < -0.4 is 5.32 Å². The van der Waals surface area contributed by atoms with Gasteiger partial charge in [-0.3, -0.25) is 0 Å². The highest BCUT2D eigenvalue weighted by Crippen LogP contribution is 2.21. The molecule has 146 valence electrons. The summed E-state index contributed by atoms with van der Waals surface area (Å²) < 4.78 is 6.73. The van der Waals surface area contributed by atoms with Crippen molar-refractivity contribution in [2.75, 3.05) is 6.54 Å². The zero-order valence-electron chi connectivity index (χ0n) is 15.5. The molecule has 3 rings (SSSR count). The average Bonchev–Trinajstić information content (AvgIpc) is 3.13. The van der Waals surface area contributed by atoms with Crippen LogP contribution >= 0.6 is 0 Å². The molecule has 0 aliphatic heterocycles. The number of carbonyl (C=O) groups is 1. The van der Waals surface area contributed by atoms with Crippen molar-refractivity contribution in [1.82, 2.24) is 15.1 Å². The monoisotopic (exact) mass is 381 g/mol. The first-order valence-electron chi connectivity index (χ1n) is 8.97. The third kappa shape index (κ3) is 4.97. The Morgan fingerprint density at radius 1 is 1.11 bits per heavy atom. The Morgan fingerprint density at radius 2 is 1.75 bits per heavy atom. The Labute approximate surface area is 163 Å². The highest BCUT2D eigenvalue weighted by Gasteiger charge is 2.23. The standard InChI is InChI=1S/C21H23N3O4/c1-15-18(13-24(23-15)17-10-6-3-7-11-17)20(26)19(25)12-22-21(27)28-14-16-8-4-2-5-9-16/h2-11,13,19-20,25-26H,12,14H2,1H3,(H,22,27). The van der Waals surface area contributed by atoms with E-state index in [1.165, 1.54) is 0 Å². The van der Waals surface area contributed by atoms with Crippen LogP contribution in [0.4, 0.5) is 4.79 Å². The average molecular weight is 381 g/mol. The summed E-state index contributed by atoms with van der Waals surface area (Å²) in [5.74, 6) is 0. The summed E-state index contributed by atoms with van der Waals surface area (Å²) in [5.41, 5.74) is 2.81. The van der Waals surface area contributed by atoms with Gasteiger partial charge >= 0.3 is 6.09 Å². The molecule has 2 aromatic carbocycles. The molecule has 3 aromatic rings. The SMILES string of the molecule is Cc1nn(-c2ccccc2)cc1C(O)C(O)CNC(=O)OCc1ccccc1. The summed E-state index contributed by atoms with van der Waals surface area (Å²) in [7, 11) is 0. The van der Waals surface area contributed by atoms with Crippen LogP contribution in [0.1, 0.15) is 22.9 Å². The molecule has 2 atom stereocenters. The molecule has 2 unspecified atom stereocenters. The molecular formula is C21H23N3O4. The van der Waals surface area contributed by atoms with E-state index in [0.717, 1.165) is 11.3 Å². The van der Waals surface area contributed by atoms with Crippen LogP contribution in [0.15, 0.2) is 66.9 Å². The molecule has 0 aliphatic carbocycles. The van der Waals surface area contributed by atoms with E-state index in [-0.39, 0.29) is 13.2 Å². The Kier molecular flexibility index (Phi) is 6.41. The molecule has 0 radical (unpaired) electrons. The van der Waals surface area contributed by atoms with Crippen LogP contribution in [0.2, 0.25) is 0 Å².